The molecule has 0 spiro atoms. The predicted molar refractivity (Wildman–Crippen MR) is 83.2 cm³/mol. The second kappa shape index (κ2) is 7.85. The largest absolute Gasteiger partial charge is 0.449 e. The van der Waals surface area contributed by atoms with E-state index in [1.807, 2.05) is 26.8 Å². The molecular weight excluding hydrogens is 282 g/mol. The molecule has 6 nitrogen and oxygen atoms in total. The Morgan fingerprint density at radius 2 is 2.18 bits per heavy atom. The Kier molecular flexibility index (Phi) is 6.44. The molecule has 0 fully saturated rings. The maximum absolute atomic E-state index is 11.9. The van der Waals surface area contributed by atoms with Gasteiger partial charge in [-0.3, -0.25) is 0 Å². The van der Waals surface area contributed by atoms with E-state index in [1.54, 1.807) is 24.1 Å². The summed E-state index contributed by atoms with van der Waals surface area (Å²) in [5, 5.41) is 11.9. The molecule has 1 atom stereocenters. The lowest BCUT2D eigenvalue weighted by Gasteiger charge is -2.26. The predicted octanol–water partition coefficient (Wildman–Crippen LogP) is 2.74. The third kappa shape index (κ3) is 6.64. The molecule has 6 heteroatoms. The average Bonchev–Trinajstić information content (AvgIpc) is 2.84. The molecule has 0 saturated heterocycles. The second-order valence-corrected chi connectivity index (χ2v) is 6.47. The van der Waals surface area contributed by atoms with Crippen LogP contribution in [0.15, 0.2) is 16.5 Å². The van der Waals surface area contributed by atoms with Gasteiger partial charge in [-0.1, -0.05) is 6.92 Å². The lowest BCUT2D eigenvalue weighted by atomic mass is 10.1. The Balaban J connectivity index is 2.29. The Labute approximate surface area is 132 Å². The fraction of sp³-hybridized carbons (Fsp3) is 0.625. The number of carbonyl (C=O) groups excluding carboxylic acids is 1. The minimum Gasteiger partial charge on any atom is -0.449 e. The van der Waals surface area contributed by atoms with Crippen LogP contribution in [-0.2, 0) is 11.3 Å². The molecule has 1 unspecified atom stereocenters. The van der Waals surface area contributed by atoms with Crippen LogP contribution >= 0.6 is 0 Å². The molecule has 1 amide bonds. The molecule has 1 aromatic heterocycles. The van der Waals surface area contributed by atoms with Crippen LogP contribution < -0.4 is 5.32 Å². The molecule has 0 aromatic carbocycles. The molecule has 0 aliphatic carbocycles. The molecule has 0 bridgehead atoms. The molecule has 1 aromatic rings. The van der Waals surface area contributed by atoms with Gasteiger partial charge in [-0.2, -0.15) is 5.26 Å². The van der Waals surface area contributed by atoms with Crippen LogP contribution in [0.2, 0.25) is 0 Å². The van der Waals surface area contributed by atoms with E-state index in [2.05, 4.69) is 12.2 Å². The molecule has 0 radical (unpaired) electrons. The summed E-state index contributed by atoms with van der Waals surface area (Å²) in [5.41, 5.74) is -0.482. The van der Waals surface area contributed by atoms with Crippen LogP contribution in [0.5, 0.6) is 0 Å². The molecule has 0 aliphatic heterocycles. The highest BCUT2D eigenvalue weighted by atomic mass is 16.6. The minimum atomic E-state index is -0.482. The monoisotopic (exact) mass is 307 g/mol. The van der Waals surface area contributed by atoms with Crippen LogP contribution in [0.25, 0.3) is 0 Å². The molecule has 1 heterocycles. The first-order valence-electron chi connectivity index (χ1n) is 7.35. The molecule has 0 saturated carbocycles. The summed E-state index contributed by atoms with van der Waals surface area (Å²) >= 11 is 0. The number of carbonyl (C=O) groups is 1. The summed E-state index contributed by atoms with van der Waals surface area (Å²) in [4.78, 5) is 13.4. The summed E-state index contributed by atoms with van der Waals surface area (Å²) in [7, 11) is 1.73. The number of rotatable bonds is 6. The third-order valence-electron chi connectivity index (χ3n) is 2.85. The van der Waals surface area contributed by atoms with Gasteiger partial charge in [0.2, 0.25) is 5.76 Å². The minimum absolute atomic E-state index is 0.267. The summed E-state index contributed by atoms with van der Waals surface area (Å²) in [6.07, 6.45) is -0.316. The van der Waals surface area contributed by atoms with Gasteiger partial charge in [0.25, 0.3) is 0 Å². The van der Waals surface area contributed by atoms with Gasteiger partial charge in [-0.15, -0.1) is 0 Å². The van der Waals surface area contributed by atoms with E-state index >= 15 is 0 Å². The van der Waals surface area contributed by atoms with Crippen LogP contribution in [0.3, 0.4) is 0 Å². The third-order valence-corrected chi connectivity index (χ3v) is 2.85. The lowest BCUT2D eigenvalue weighted by Crippen LogP contribution is -2.38. The quantitative estimate of drug-likeness (QED) is 0.874. The zero-order chi connectivity index (χ0) is 16.8. The second-order valence-electron chi connectivity index (χ2n) is 6.47. The topological polar surface area (TPSA) is 78.5 Å². The van der Waals surface area contributed by atoms with Crippen LogP contribution in [0, 0.1) is 17.2 Å². The highest BCUT2D eigenvalue weighted by Gasteiger charge is 2.20. The molecular formula is C16H25N3O3. The summed E-state index contributed by atoms with van der Waals surface area (Å²) in [6, 6.07) is 5.38. The van der Waals surface area contributed by atoms with Crippen molar-refractivity contribution in [2.45, 2.75) is 39.8 Å². The van der Waals surface area contributed by atoms with Gasteiger partial charge in [-0.05, 0) is 45.4 Å². The number of amides is 1. The first kappa shape index (κ1) is 18.1. The molecule has 22 heavy (non-hydrogen) atoms. The van der Waals surface area contributed by atoms with Gasteiger partial charge >= 0.3 is 6.09 Å². The van der Waals surface area contributed by atoms with Gasteiger partial charge < -0.3 is 19.4 Å². The van der Waals surface area contributed by atoms with Crippen LogP contribution in [0.1, 0.15) is 39.2 Å². The summed E-state index contributed by atoms with van der Waals surface area (Å²) in [5.74, 6) is 1.31. The average molecular weight is 307 g/mol. The number of furan rings is 1. The SMILES string of the molecule is CC(CNCc1ccc(C#N)o1)CN(C)C(=O)OC(C)(C)C. The fourth-order valence-corrected chi connectivity index (χ4v) is 1.92. The zero-order valence-electron chi connectivity index (χ0n) is 14.0. The van der Waals surface area contributed by atoms with Crippen molar-refractivity contribution in [3.63, 3.8) is 0 Å². The lowest BCUT2D eigenvalue weighted by molar-refractivity contribution is 0.0276. The van der Waals surface area contributed by atoms with Crippen molar-refractivity contribution < 1.29 is 13.9 Å². The van der Waals surface area contributed by atoms with E-state index in [-0.39, 0.29) is 12.0 Å². The van der Waals surface area contributed by atoms with Crippen molar-refractivity contribution in [1.29, 1.82) is 5.26 Å². The highest BCUT2D eigenvalue weighted by molar-refractivity contribution is 5.67. The fourth-order valence-electron chi connectivity index (χ4n) is 1.92. The molecule has 1 rings (SSSR count). The number of nitrogens with zero attached hydrogens (tertiary/aromatic N) is 2. The van der Waals surface area contributed by atoms with Gasteiger partial charge in [0, 0.05) is 13.6 Å². The standard InChI is InChI=1S/C16H25N3O3/c1-12(11-19(5)15(20)22-16(2,3)4)9-18-10-14-7-6-13(8-17)21-14/h6-7,12,18H,9-11H2,1-5H3. The van der Waals surface area contributed by atoms with E-state index < -0.39 is 5.60 Å². The summed E-state index contributed by atoms with van der Waals surface area (Å²) < 4.78 is 10.6. The van der Waals surface area contributed by atoms with Gasteiger partial charge in [0.1, 0.15) is 17.4 Å². The maximum Gasteiger partial charge on any atom is 0.410 e. The van der Waals surface area contributed by atoms with Crippen molar-refractivity contribution >= 4 is 6.09 Å². The molecule has 1 N–H and O–H groups in total. The number of hydrogen-bond donors (Lipinski definition) is 1. The van der Waals surface area contributed by atoms with Crippen LogP contribution in [-0.4, -0.2) is 36.7 Å². The number of hydrogen-bond acceptors (Lipinski definition) is 5. The number of nitriles is 1. The maximum atomic E-state index is 11.9. The molecule has 0 aliphatic rings. The van der Waals surface area contributed by atoms with E-state index in [9.17, 15) is 4.79 Å². The van der Waals surface area contributed by atoms with E-state index in [0.717, 1.165) is 12.3 Å². The van der Waals surface area contributed by atoms with Crippen molar-refractivity contribution in [1.82, 2.24) is 10.2 Å². The number of nitrogens with one attached hydrogen (secondary N) is 1. The van der Waals surface area contributed by atoms with E-state index in [1.165, 1.54) is 0 Å². The van der Waals surface area contributed by atoms with Gasteiger partial charge in [0.15, 0.2) is 0 Å². The smallest absolute Gasteiger partial charge is 0.410 e. The Hall–Kier alpha value is -2.00. The normalized spacial score (nSPS) is 12.5. The van der Waals surface area contributed by atoms with Crippen molar-refractivity contribution in [2.24, 2.45) is 5.92 Å². The van der Waals surface area contributed by atoms with Gasteiger partial charge in [-0.25, -0.2) is 4.79 Å². The van der Waals surface area contributed by atoms with E-state index in [4.69, 9.17) is 14.4 Å². The highest BCUT2D eigenvalue weighted by Crippen LogP contribution is 2.10. The number of ether oxygens (including phenoxy) is 1. The Bertz CT molecular complexity index is 525. The van der Waals surface area contributed by atoms with Crippen LogP contribution in [0.4, 0.5) is 4.79 Å². The van der Waals surface area contributed by atoms with Crippen molar-refractivity contribution in [2.75, 3.05) is 20.1 Å². The first-order valence-corrected chi connectivity index (χ1v) is 7.35. The van der Waals surface area contributed by atoms with Gasteiger partial charge in [0.05, 0.1) is 6.54 Å². The zero-order valence-corrected chi connectivity index (χ0v) is 14.0. The Morgan fingerprint density at radius 3 is 2.73 bits per heavy atom. The first-order chi connectivity index (χ1) is 10.2. The van der Waals surface area contributed by atoms with Crippen molar-refractivity contribution in [3.05, 3.63) is 23.7 Å². The molecule has 122 valence electrons. The van der Waals surface area contributed by atoms with E-state index in [0.29, 0.717) is 18.8 Å². The summed E-state index contributed by atoms with van der Waals surface area (Å²) in [6.45, 7) is 9.49. The Morgan fingerprint density at radius 1 is 1.50 bits per heavy atom. The van der Waals surface area contributed by atoms with Crippen molar-refractivity contribution in [3.8, 4) is 6.07 Å².